The van der Waals surface area contributed by atoms with Gasteiger partial charge in [-0.15, -0.1) is 0 Å². The highest BCUT2D eigenvalue weighted by Crippen LogP contribution is 2.30. The molecule has 114 valence electrons. The minimum absolute atomic E-state index is 0.156. The van der Waals surface area contributed by atoms with E-state index in [-0.39, 0.29) is 11.9 Å². The van der Waals surface area contributed by atoms with Crippen molar-refractivity contribution in [3.8, 4) is 0 Å². The fourth-order valence-electron chi connectivity index (χ4n) is 2.43. The molecule has 0 fully saturated rings. The molecule has 0 atom stereocenters. The first-order valence-corrected chi connectivity index (χ1v) is 7.12. The second-order valence-corrected chi connectivity index (χ2v) is 4.86. The monoisotopic (exact) mass is 291 g/mol. The van der Waals surface area contributed by atoms with Crippen LogP contribution >= 0.6 is 0 Å². The van der Waals surface area contributed by atoms with Gasteiger partial charge in [-0.2, -0.15) is 0 Å². The number of fused-ring (bicyclic) bond motifs is 1. The molecule has 0 aliphatic carbocycles. The number of nitrogens with one attached hydrogen (secondary N) is 2. The number of hydrogen-bond donors (Lipinski definition) is 2. The number of anilines is 2. The lowest BCUT2D eigenvalue weighted by molar-refractivity contribution is -0.118. The van der Waals surface area contributed by atoms with Gasteiger partial charge in [0.05, 0.1) is 6.61 Å². The number of rotatable bonds is 5. The Bertz CT molecular complexity index is 531. The number of amides is 3. The summed E-state index contributed by atoms with van der Waals surface area (Å²) in [5, 5.41) is 5.49. The van der Waals surface area contributed by atoms with Crippen molar-refractivity contribution < 1.29 is 14.3 Å². The predicted molar refractivity (Wildman–Crippen MR) is 81.7 cm³/mol. The van der Waals surface area contributed by atoms with Crippen LogP contribution in [0.3, 0.4) is 0 Å². The van der Waals surface area contributed by atoms with Crippen molar-refractivity contribution in [1.29, 1.82) is 0 Å². The molecule has 1 aromatic rings. The van der Waals surface area contributed by atoms with Crippen LogP contribution in [0.2, 0.25) is 0 Å². The lowest BCUT2D eigenvalue weighted by atomic mass is 10.0. The zero-order valence-corrected chi connectivity index (χ0v) is 12.4. The predicted octanol–water partition coefficient (Wildman–Crippen LogP) is 1.75. The maximum atomic E-state index is 11.8. The van der Waals surface area contributed by atoms with Crippen LogP contribution in [0.25, 0.3) is 0 Å². The van der Waals surface area contributed by atoms with Crippen molar-refractivity contribution >= 4 is 23.3 Å². The zero-order chi connectivity index (χ0) is 15.2. The van der Waals surface area contributed by atoms with E-state index in [1.54, 1.807) is 12.0 Å². The van der Waals surface area contributed by atoms with Crippen molar-refractivity contribution in [3.05, 3.63) is 23.8 Å². The van der Waals surface area contributed by atoms with Gasteiger partial charge in [0.1, 0.15) is 0 Å². The van der Waals surface area contributed by atoms with Crippen molar-refractivity contribution in [2.75, 3.05) is 37.0 Å². The van der Waals surface area contributed by atoms with Crippen molar-refractivity contribution in [2.24, 2.45) is 0 Å². The first-order chi connectivity index (χ1) is 10.2. The van der Waals surface area contributed by atoms with Crippen LogP contribution < -0.4 is 15.5 Å². The maximum absolute atomic E-state index is 11.8. The molecule has 1 heterocycles. The van der Waals surface area contributed by atoms with Gasteiger partial charge < -0.3 is 20.3 Å². The van der Waals surface area contributed by atoms with Gasteiger partial charge in [-0.1, -0.05) is 0 Å². The Morgan fingerprint density at radius 2 is 2.19 bits per heavy atom. The third kappa shape index (κ3) is 3.72. The first kappa shape index (κ1) is 15.3. The average Bonchev–Trinajstić information content (AvgIpc) is 2.47. The molecule has 0 spiro atoms. The Morgan fingerprint density at radius 1 is 1.38 bits per heavy atom. The van der Waals surface area contributed by atoms with Crippen LogP contribution in [-0.2, 0) is 16.0 Å². The number of benzene rings is 1. The van der Waals surface area contributed by atoms with Gasteiger partial charge in [-0.25, -0.2) is 4.79 Å². The third-order valence-corrected chi connectivity index (χ3v) is 3.45. The highest BCUT2D eigenvalue weighted by Gasteiger charge is 2.22. The van der Waals surface area contributed by atoms with E-state index in [1.165, 1.54) is 0 Å². The fraction of sp³-hybridized carbons (Fsp3) is 0.467. The summed E-state index contributed by atoms with van der Waals surface area (Å²) in [7, 11) is 1.59. The van der Waals surface area contributed by atoms with Crippen LogP contribution in [0.4, 0.5) is 16.2 Å². The molecule has 1 aliphatic heterocycles. The molecule has 0 saturated carbocycles. The number of aryl methyl sites for hydroxylation is 1. The van der Waals surface area contributed by atoms with Gasteiger partial charge in [0.25, 0.3) is 0 Å². The maximum Gasteiger partial charge on any atom is 0.319 e. The Hall–Kier alpha value is -2.08. The lowest BCUT2D eigenvalue weighted by Gasteiger charge is -2.28. The van der Waals surface area contributed by atoms with Crippen molar-refractivity contribution in [2.45, 2.75) is 19.8 Å². The molecule has 3 amide bonds. The minimum Gasteiger partial charge on any atom is -0.383 e. The zero-order valence-electron chi connectivity index (χ0n) is 12.4. The Labute approximate surface area is 124 Å². The van der Waals surface area contributed by atoms with Crippen LogP contribution in [0.15, 0.2) is 18.2 Å². The second kappa shape index (κ2) is 7.08. The lowest BCUT2D eigenvalue weighted by Crippen LogP contribution is -2.35. The molecular formula is C15H21N3O3. The SMILES string of the molecule is CCN1C(=O)CCc2cc(NC(=O)NCCOC)ccc21. The van der Waals surface area contributed by atoms with E-state index in [0.29, 0.717) is 32.5 Å². The van der Waals surface area contributed by atoms with E-state index < -0.39 is 0 Å². The van der Waals surface area contributed by atoms with E-state index in [4.69, 9.17) is 4.74 Å². The van der Waals surface area contributed by atoms with Crippen LogP contribution in [0, 0.1) is 0 Å². The van der Waals surface area contributed by atoms with E-state index in [1.807, 2.05) is 25.1 Å². The molecular weight excluding hydrogens is 270 g/mol. The number of ether oxygens (including phenoxy) is 1. The van der Waals surface area contributed by atoms with Crippen LogP contribution in [-0.4, -0.2) is 38.7 Å². The molecule has 2 N–H and O–H groups in total. The summed E-state index contributed by atoms with van der Waals surface area (Å²) < 4.78 is 4.87. The van der Waals surface area contributed by atoms with E-state index in [2.05, 4.69) is 10.6 Å². The summed E-state index contributed by atoms with van der Waals surface area (Å²) in [6.07, 6.45) is 1.23. The summed E-state index contributed by atoms with van der Waals surface area (Å²) in [6, 6.07) is 5.38. The van der Waals surface area contributed by atoms with Gasteiger partial charge >= 0.3 is 6.03 Å². The summed E-state index contributed by atoms with van der Waals surface area (Å²) in [5.41, 5.74) is 2.76. The molecule has 1 aromatic carbocycles. The van der Waals surface area contributed by atoms with Gasteiger partial charge in [-0.05, 0) is 37.1 Å². The molecule has 0 radical (unpaired) electrons. The van der Waals surface area contributed by atoms with Gasteiger partial charge in [0.15, 0.2) is 0 Å². The smallest absolute Gasteiger partial charge is 0.319 e. The molecule has 1 aliphatic rings. The second-order valence-electron chi connectivity index (χ2n) is 4.86. The van der Waals surface area contributed by atoms with Crippen LogP contribution in [0.5, 0.6) is 0 Å². The number of hydrogen-bond acceptors (Lipinski definition) is 3. The minimum atomic E-state index is -0.258. The summed E-state index contributed by atoms with van der Waals surface area (Å²) in [4.78, 5) is 25.3. The van der Waals surface area contributed by atoms with Gasteiger partial charge in [0, 0.05) is 38.0 Å². The molecule has 0 aromatic heterocycles. The average molecular weight is 291 g/mol. The van der Waals surface area contributed by atoms with E-state index in [9.17, 15) is 9.59 Å². The Morgan fingerprint density at radius 3 is 2.90 bits per heavy atom. The Kier molecular flexibility index (Phi) is 5.16. The standard InChI is InChI=1S/C15H21N3O3/c1-3-18-13-6-5-12(10-11(13)4-7-14(18)19)17-15(20)16-8-9-21-2/h5-6,10H,3-4,7-9H2,1-2H3,(H2,16,17,20). The quantitative estimate of drug-likeness (QED) is 0.812. The summed E-state index contributed by atoms with van der Waals surface area (Å²) in [5.74, 6) is 0.156. The van der Waals surface area contributed by atoms with E-state index in [0.717, 1.165) is 16.9 Å². The fourth-order valence-corrected chi connectivity index (χ4v) is 2.43. The van der Waals surface area contributed by atoms with Crippen molar-refractivity contribution in [3.63, 3.8) is 0 Å². The number of nitrogens with zero attached hydrogens (tertiary/aromatic N) is 1. The molecule has 21 heavy (non-hydrogen) atoms. The number of carbonyl (C=O) groups excluding carboxylic acids is 2. The summed E-state index contributed by atoms with van der Waals surface area (Å²) in [6.45, 7) is 3.56. The number of methoxy groups -OCH3 is 1. The highest BCUT2D eigenvalue weighted by atomic mass is 16.5. The molecule has 2 rings (SSSR count). The van der Waals surface area contributed by atoms with Gasteiger partial charge in [-0.3, -0.25) is 4.79 Å². The number of urea groups is 1. The highest BCUT2D eigenvalue weighted by molar-refractivity contribution is 5.97. The Balaban J connectivity index is 2.04. The topological polar surface area (TPSA) is 70.7 Å². The molecule has 0 unspecified atom stereocenters. The van der Waals surface area contributed by atoms with E-state index >= 15 is 0 Å². The third-order valence-electron chi connectivity index (χ3n) is 3.45. The van der Waals surface area contributed by atoms with Gasteiger partial charge in [0.2, 0.25) is 5.91 Å². The molecule has 0 saturated heterocycles. The number of carbonyl (C=O) groups is 2. The molecule has 0 bridgehead atoms. The van der Waals surface area contributed by atoms with Crippen LogP contribution in [0.1, 0.15) is 18.9 Å². The van der Waals surface area contributed by atoms with Crippen molar-refractivity contribution in [1.82, 2.24) is 5.32 Å². The first-order valence-electron chi connectivity index (χ1n) is 7.12. The molecule has 6 nitrogen and oxygen atoms in total. The normalized spacial score (nSPS) is 13.8. The summed E-state index contributed by atoms with van der Waals surface area (Å²) >= 11 is 0. The largest absolute Gasteiger partial charge is 0.383 e. The molecule has 6 heteroatoms.